The van der Waals surface area contributed by atoms with E-state index in [0.29, 0.717) is 0 Å². The van der Waals surface area contributed by atoms with Crippen molar-refractivity contribution in [2.24, 2.45) is 0 Å². The maximum atomic E-state index is 13.0. The molecule has 0 saturated heterocycles. The molecule has 2 nitrogen and oxygen atoms in total. The average molecular weight is 301 g/mol. The topological polar surface area (TPSA) is 30.0 Å². The second kappa shape index (κ2) is 4.03. The lowest BCUT2D eigenvalue weighted by atomic mass is 10.2. The number of aromatic nitrogens is 1. The average Bonchev–Trinajstić information content (AvgIpc) is 2.04. The highest BCUT2D eigenvalue weighted by Gasteiger charge is 2.20. The molecule has 0 aliphatic heterocycles. The third kappa shape index (κ3) is 1.98. The second-order valence-electron chi connectivity index (χ2n) is 2.14. The molecule has 70 valence electrons. The molecule has 6 heteroatoms. The van der Waals surface area contributed by atoms with Crippen molar-refractivity contribution in [3.8, 4) is 0 Å². The van der Waals surface area contributed by atoms with Crippen molar-refractivity contribution in [2.45, 2.75) is 6.43 Å². The number of rotatable bonds is 2. The van der Waals surface area contributed by atoms with Gasteiger partial charge >= 0.3 is 0 Å². The minimum Gasteiger partial charge on any atom is -0.296 e. The zero-order valence-corrected chi connectivity index (χ0v) is 8.26. The quantitative estimate of drug-likeness (QED) is 0.621. The van der Waals surface area contributed by atoms with Gasteiger partial charge in [-0.25, -0.2) is 18.2 Å². The maximum absolute atomic E-state index is 13.0. The molecule has 0 spiro atoms. The first kappa shape index (κ1) is 10.4. The summed E-state index contributed by atoms with van der Waals surface area (Å²) in [6.07, 6.45) is -1.79. The summed E-state index contributed by atoms with van der Waals surface area (Å²) in [7, 11) is 0. The van der Waals surface area contributed by atoms with E-state index in [9.17, 15) is 18.0 Å². The summed E-state index contributed by atoms with van der Waals surface area (Å²) in [6.45, 7) is 0. The summed E-state index contributed by atoms with van der Waals surface area (Å²) < 4.78 is 37.4. The first-order valence-electron chi connectivity index (χ1n) is 3.15. The van der Waals surface area contributed by atoms with Crippen LogP contribution < -0.4 is 0 Å². The zero-order valence-electron chi connectivity index (χ0n) is 6.10. The monoisotopic (exact) mass is 301 g/mol. The van der Waals surface area contributed by atoms with Gasteiger partial charge < -0.3 is 0 Å². The summed E-state index contributed by atoms with van der Waals surface area (Å²) in [6, 6.07) is 0. The fourth-order valence-electron chi connectivity index (χ4n) is 0.777. The van der Waals surface area contributed by atoms with E-state index in [-0.39, 0.29) is 9.86 Å². The molecule has 0 aliphatic carbocycles. The van der Waals surface area contributed by atoms with Gasteiger partial charge in [-0.2, -0.15) is 0 Å². The molecular weight excluding hydrogens is 298 g/mol. The molecule has 1 rings (SSSR count). The van der Waals surface area contributed by atoms with Crippen LogP contribution in [0.25, 0.3) is 0 Å². The van der Waals surface area contributed by atoms with Gasteiger partial charge in [-0.05, 0) is 22.6 Å². The van der Waals surface area contributed by atoms with Crippen LogP contribution in [0.15, 0.2) is 6.20 Å². The second-order valence-corrected chi connectivity index (χ2v) is 3.30. The summed E-state index contributed by atoms with van der Waals surface area (Å²) in [5.41, 5.74) is -1.35. The van der Waals surface area contributed by atoms with E-state index < -0.39 is 23.5 Å². The number of hydrogen-bond donors (Lipinski definition) is 0. The molecule has 0 saturated carbocycles. The molecular formula is C7H3F3INO. The van der Waals surface area contributed by atoms with Gasteiger partial charge in [0.05, 0.1) is 5.56 Å². The van der Waals surface area contributed by atoms with Crippen molar-refractivity contribution in [3.05, 3.63) is 26.8 Å². The highest BCUT2D eigenvalue weighted by Crippen LogP contribution is 2.27. The molecule has 0 radical (unpaired) electrons. The molecule has 13 heavy (non-hydrogen) atoms. The Morgan fingerprint density at radius 1 is 1.54 bits per heavy atom. The van der Waals surface area contributed by atoms with Crippen LogP contribution in [0.5, 0.6) is 0 Å². The van der Waals surface area contributed by atoms with Crippen LogP contribution in [0.4, 0.5) is 13.2 Å². The van der Waals surface area contributed by atoms with Crippen molar-refractivity contribution < 1.29 is 18.0 Å². The third-order valence-electron chi connectivity index (χ3n) is 1.37. The predicted octanol–water partition coefficient (Wildman–Crippen LogP) is 2.58. The van der Waals surface area contributed by atoms with Gasteiger partial charge in [0, 0.05) is 9.77 Å². The summed E-state index contributed by atoms with van der Waals surface area (Å²) >= 11 is 1.54. The normalized spacial score (nSPS) is 10.5. The number of pyridine rings is 1. The SMILES string of the molecule is O=Cc1ncc(I)c(C(F)F)c1F. The lowest BCUT2D eigenvalue weighted by Gasteiger charge is -2.04. The van der Waals surface area contributed by atoms with Gasteiger partial charge in [0.2, 0.25) is 0 Å². The van der Waals surface area contributed by atoms with E-state index >= 15 is 0 Å². The minimum atomic E-state index is -2.94. The van der Waals surface area contributed by atoms with E-state index in [1.165, 1.54) is 22.6 Å². The van der Waals surface area contributed by atoms with E-state index in [1.54, 1.807) is 0 Å². The van der Waals surface area contributed by atoms with Gasteiger partial charge in [0.1, 0.15) is 5.69 Å². The van der Waals surface area contributed by atoms with Crippen molar-refractivity contribution in [1.82, 2.24) is 4.98 Å². The van der Waals surface area contributed by atoms with E-state index in [2.05, 4.69) is 4.98 Å². The van der Waals surface area contributed by atoms with E-state index in [0.717, 1.165) is 6.20 Å². The van der Waals surface area contributed by atoms with Gasteiger partial charge in [-0.1, -0.05) is 0 Å². The largest absolute Gasteiger partial charge is 0.296 e. The molecule has 0 fully saturated rings. The van der Waals surface area contributed by atoms with E-state index in [4.69, 9.17) is 0 Å². The number of aldehydes is 1. The fourth-order valence-corrected chi connectivity index (χ4v) is 1.39. The molecule has 1 aromatic heterocycles. The first-order chi connectivity index (χ1) is 6.07. The Bertz CT molecular complexity index is 343. The number of nitrogens with zero attached hydrogens (tertiary/aromatic N) is 1. The van der Waals surface area contributed by atoms with Gasteiger partial charge in [0.15, 0.2) is 12.1 Å². The maximum Gasteiger partial charge on any atom is 0.267 e. The lowest BCUT2D eigenvalue weighted by Crippen LogP contribution is -2.02. The molecule has 0 atom stereocenters. The number of halogens is 4. The molecule has 0 aliphatic rings. The van der Waals surface area contributed by atoms with Crippen molar-refractivity contribution >= 4 is 28.9 Å². The number of carbonyl (C=O) groups excluding carboxylic acids is 1. The summed E-state index contributed by atoms with van der Waals surface area (Å²) in [4.78, 5) is 13.5. The van der Waals surface area contributed by atoms with Crippen molar-refractivity contribution in [1.29, 1.82) is 0 Å². The third-order valence-corrected chi connectivity index (χ3v) is 2.23. The van der Waals surface area contributed by atoms with Crippen LogP contribution in [0, 0.1) is 9.39 Å². The molecule has 0 aromatic carbocycles. The van der Waals surface area contributed by atoms with Gasteiger partial charge in [0.25, 0.3) is 6.43 Å². The van der Waals surface area contributed by atoms with Crippen LogP contribution in [0.2, 0.25) is 0 Å². The first-order valence-corrected chi connectivity index (χ1v) is 4.23. The zero-order chi connectivity index (χ0) is 10.0. The van der Waals surface area contributed by atoms with Crippen molar-refractivity contribution in [3.63, 3.8) is 0 Å². The lowest BCUT2D eigenvalue weighted by molar-refractivity contribution is 0.111. The van der Waals surface area contributed by atoms with E-state index in [1.807, 2.05) is 0 Å². The smallest absolute Gasteiger partial charge is 0.267 e. The van der Waals surface area contributed by atoms with Gasteiger partial charge in [-0.3, -0.25) is 4.79 Å². The highest BCUT2D eigenvalue weighted by molar-refractivity contribution is 14.1. The Morgan fingerprint density at radius 2 is 2.15 bits per heavy atom. The molecule has 0 unspecified atom stereocenters. The Kier molecular flexibility index (Phi) is 3.23. The Hall–Kier alpha value is -0.660. The predicted molar refractivity (Wildman–Crippen MR) is 47.3 cm³/mol. The van der Waals surface area contributed by atoms with Crippen LogP contribution >= 0.6 is 22.6 Å². The summed E-state index contributed by atoms with van der Waals surface area (Å²) in [5.74, 6) is -1.24. The number of alkyl halides is 2. The number of hydrogen-bond acceptors (Lipinski definition) is 2. The Balaban J connectivity index is 3.38. The van der Waals surface area contributed by atoms with Crippen LogP contribution in [-0.4, -0.2) is 11.3 Å². The fraction of sp³-hybridized carbons (Fsp3) is 0.143. The molecule has 0 N–H and O–H groups in total. The molecule has 0 amide bonds. The minimum absolute atomic E-state index is 0.00991. The Labute approximate surface area is 85.3 Å². The molecule has 1 aromatic rings. The highest BCUT2D eigenvalue weighted by atomic mass is 127. The van der Waals surface area contributed by atoms with Crippen LogP contribution in [0.3, 0.4) is 0 Å². The van der Waals surface area contributed by atoms with Crippen LogP contribution in [-0.2, 0) is 0 Å². The van der Waals surface area contributed by atoms with Gasteiger partial charge in [-0.15, -0.1) is 0 Å². The number of carbonyl (C=O) groups is 1. The standard InChI is InChI=1S/C7H3F3INO/c8-6-4(2-13)12-1-3(11)5(6)7(9)10/h1-2,7H. The van der Waals surface area contributed by atoms with Crippen molar-refractivity contribution in [2.75, 3.05) is 0 Å². The Morgan fingerprint density at radius 3 is 2.62 bits per heavy atom. The molecule has 0 bridgehead atoms. The summed E-state index contributed by atoms with van der Waals surface area (Å²) in [5, 5.41) is 0. The van der Waals surface area contributed by atoms with Crippen LogP contribution in [0.1, 0.15) is 22.5 Å². The molecule has 1 heterocycles.